The molecule has 0 fully saturated rings. The van der Waals surface area contributed by atoms with E-state index in [1.807, 2.05) is 0 Å². The molecule has 1 atom stereocenters. The van der Waals surface area contributed by atoms with Crippen LogP contribution in [0.25, 0.3) is 11.3 Å². The van der Waals surface area contributed by atoms with Crippen molar-refractivity contribution in [2.45, 2.75) is 25.6 Å². The molecule has 0 saturated carbocycles. The van der Waals surface area contributed by atoms with Crippen molar-refractivity contribution in [1.29, 1.82) is 10.8 Å². The Bertz CT molecular complexity index is 839. The Morgan fingerprint density at radius 2 is 1.92 bits per heavy atom. The highest BCUT2D eigenvalue weighted by Gasteiger charge is 2.36. The van der Waals surface area contributed by atoms with Gasteiger partial charge in [0.25, 0.3) is 6.43 Å². The minimum atomic E-state index is -3.89. The van der Waals surface area contributed by atoms with Gasteiger partial charge in [0.05, 0.1) is 11.9 Å². The molecule has 2 N–H and O–H groups in total. The number of halogens is 4. The van der Waals surface area contributed by atoms with Gasteiger partial charge >= 0.3 is 6.11 Å². The van der Waals surface area contributed by atoms with E-state index < -0.39 is 30.0 Å². The summed E-state index contributed by atoms with van der Waals surface area (Å²) in [4.78, 5) is 7.79. The first-order valence-corrected chi connectivity index (χ1v) is 7.22. The van der Waals surface area contributed by atoms with Crippen LogP contribution in [-0.2, 0) is 4.74 Å². The Morgan fingerprint density at radius 1 is 1.23 bits per heavy atom. The smallest absolute Gasteiger partial charge is 0.415 e. The molecule has 2 aromatic rings. The van der Waals surface area contributed by atoms with Gasteiger partial charge in [0.2, 0.25) is 11.7 Å². The van der Waals surface area contributed by atoms with Crippen molar-refractivity contribution in [2.24, 2.45) is 0 Å². The maximum Gasteiger partial charge on any atom is 0.415 e. The summed E-state index contributed by atoms with van der Waals surface area (Å²) in [6.45, 7) is 1.19. The average Bonchev–Trinajstić information content (AvgIpc) is 2.62. The van der Waals surface area contributed by atoms with Crippen LogP contribution in [0.3, 0.4) is 0 Å². The number of pyridine rings is 1. The molecular formula is C15H15F4N5O2. The summed E-state index contributed by atoms with van der Waals surface area (Å²) in [7, 11) is 0.740. The summed E-state index contributed by atoms with van der Waals surface area (Å²) in [5.74, 6) is -1.29. The van der Waals surface area contributed by atoms with E-state index in [4.69, 9.17) is 15.6 Å². The molecule has 0 aliphatic carbocycles. The molecule has 1 unspecified atom stereocenters. The first-order valence-electron chi connectivity index (χ1n) is 7.22. The predicted molar refractivity (Wildman–Crippen MR) is 82.5 cm³/mol. The van der Waals surface area contributed by atoms with E-state index in [2.05, 4.69) is 14.7 Å². The molecule has 7 nitrogen and oxygen atoms in total. The van der Waals surface area contributed by atoms with Gasteiger partial charge in [-0.15, -0.1) is 0 Å². The van der Waals surface area contributed by atoms with Crippen LogP contribution in [-0.4, -0.2) is 46.1 Å². The predicted octanol–water partition coefficient (Wildman–Crippen LogP) is 2.52. The normalized spacial score (nSPS) is 12.9. The Kier molecular flexibility index (Phi) is 5.70. The van der Waals surface area contributed by atoms with Gasteiger partial charge in [0.1, 0.15) is 5.49 Å². The van der Waals surface area contributed by atoms with Crippen LogP contribution in [0, 0.1) is 10.8 Å². The molecule has 0 bridgehead atoms. The van der Waals surface area contributed by atoms with Crippen molar-refractivity contribution in [3.63, 3.8) is 0 Å². The molecule has 2 heterocycles. The highest BCUT2D eigenvalue weighted by molar-refractivity contribution is 5.87. The fourth-order valence-corrected chi connectivity index (χ4v) is 1.83. The van der Waals surface area contributed by atoms with Crippen LogP contribution in [0.2, 0.25) is 0 Å². The van der Waals surface area contributed by atoms with Gasteiger partial charge < -0.3 is 9.47 Å². The number of nitrogens with one attached hydrogen (secondary N) is 2. The molecule has 2 aromatic heterocycles. The Labute approximate surface area is 145 Å². The maximum atomic E-state index is 13.5. The molecule has 0 saturated heterocycles. The SMILES string of the molecule is COC(F)(F)C(=N)n1cc(-c2ccc(OC(C)C(F)F)nc2)ncc1=N. The van der Waals surface area contributed by atoms with Crippen LogP contribution in [0.4, 0.5) is 17.6 Å². The second kappa shape index (κ2) is 7.60. The summed E-state index contributed by atoms with van der Waals surface area (Å²) in [5.41, 5.74) is 0.0390. The molecule has 0 radical (unpaired) electrons. The zero-order valence-electron chi connectivity index (χ0n) is 13.7. The number of methoxy groups -OCH3 is 1. The van der Waals surface area contributed by atoms with Crippen LogP contribution >= 0.6 is 0 Å². The molecule has 0 aromatic carbocycles. The number of aromatic nitrogens is 3. The monoisotopic (exact) mass is 373 g/mol. The Balaban J connectivity index is 2.31. The zero-order valence-corrected chi connectivity index (χ0v) is 13.7. The molecular weight excluding hydrogens is 358 g/mol. The third kappa shape index (κ3) is 4.23. The van der Waals surface area contributed by atoms with Gasteiger partial charge in [-0.25, -0.2) is 13.8 Å². The fourth-order valence-electron chi connectivity index (χ4n) is 1.83. The topological polar surface area (TPSA) is 96.9 Å². The number of hydrogen-bond donors (Lipinski definition) is 2. The molecule has 0 amide bonds. The van der Waals surface area contributed by atoms with Crippen molar-refractivity contribution in [2.75, 3.05) is 7.11 Å². The number of ether oxygens (including phenoxy) is 2. The van der Waals surface area contributed by atoms with Gasteiger partial charge in [0.15, 0.2) is 6.10 Å². The molecule has 0 aliphatic rings. The number of alkyl halides is 4. The Morgan fingerprint density at radius 3 is 2.46 bits per heavy atom. The van der Waals surface area contributed by atoms with E-state index >= 15 is 0 Å². The lowest BCUT2D eigenvalue weighted by Gasteiger charge is -2.17. The second-order valence-corrected chi connectivity index (χ2v) is 5.14. The number of rotatable bonds is 6. The van der Waals surface area contributed by atoms with Crippen molar-refractivity contribution in [1.82, 2.24) is 14.5 Å². The summed E-state index contributed by atoms with van der Waals surface area (Å²) < 4.78 is 61.5. The Hall–Kier alpha value is -2.82. The van der Waals surface area contributed by atoms with E-state index in [1.165, 1.54) is 25.3 Å². The second-order valence-electron chi connectivity index (χ2n) is 5.14. The first kappa shape index (κ1) is 19.5. The minimum Gasteiger partial charge on any atom is -0.469 e. The van der Waals surface area contributed by atoms with Gasteiger partial charge in [-0.05, 0) is 13.0 Å². The molecule has 11 heteroatoms. The van der Waals surface area contributed by atoms with E-state index in [-0.39, 0.29) is 11.6 Å². The molecule has 26 heavy (non-hydrogen) atoms. The van der Waals surface area contributed by atoms with Gasteiger partial charge in [0, 0.05) is 31.1 Å². The lowest BCUT2D eigenvalue weighted by atomic mass is 10.2. The van der Waals surface area contributed by atoms with E-state index in [0.29, 0.717) is 10.1 Å². The average molecular weight is 373 g/mol. The third-order valence-electron chi connectivity index (χ3n) is 3.30. The largest absolute Gasteiger partial charge is 0.469 e. The fraction of sp³-hybridized carbons (Fsp3) is 0.333. The molecule has 0 spiro atoms. The quantitative estimate of drug-likeness (QED) is 0.462. The minimum absolute atomic E-state index is 0.0369. The number of nitrogens with zero attached hydrogens (tertiary/aromatic N) is 3. The summed E-state index contributed by atoms with van der Waals surface area (Å²) >= 11 is 0. The van der Waals surface area contributed by atoms with Crippen molar-refractivity contribution >= 4 is 5.84 Å². The molecule has 140 valence electrons. The van der Waals surface area contributed by atoms with Crippen molar-refractivity contribution in [3.05, 3.63) is 36.2 Å². The van der Waals surface area contributed by atoms with Gasteiger partial charge in [-0.1, -0.05) is 0 Å². The summed E-state index contributed by atoms with van der Waals surface area (Å²) in [5, 5.41) is 15.1. The zero-order chi connectivity index (χ0) is 19.5. The lowest BCUT2D eigenvalue weighted by molar-refractivity contribution is -0.165. The van der Waals surface area contributed by atoms with Crippen LogP contribution in [0.1, 0.15) is 6.92 Å². The summed E-state index contributed by atoms with van der Waals surface area (Å²) in [6, 6.07) is 2.76. The third-order valence-corrected chi connectivity index (χ3v) is 3.30. The van der Waals surface area contributed by atoms with Crippen LogP contribution in [0.5, 0.6) is 5.88 Å². The van der Waals surface area contributed by atoms with E-state index in [0.717, 1.165) is 19.5 Å². The highest BCUT2D eigenvalue weighted by Crippen LogP contribution is 2.20. The standard InChI is InChI=1S/C15H15F4N5O2/c1-8(13(16)17)26-12-4-3-9(5-23-12)10-7-24(11(20)6-22-10)14(21)15(18,19)25-2/h3-8,13,20-21H,1-2H3. The van der Waals surface area contributed by atoms with Gasteiger partial charge in [-0.2, -0.15) is 8.78 Å². The van der Waals surface area contributed by atoms with Crippen LogP contribution in [0.15, 0.2) is 30.7 Å². The van der Waals surface area contributed by atoms with Crippen molar-refractivity contribution in [3.8, 4) is 17.1 Å². The van der Waals surface area contributed by atoms with Crippen LogP contribution < -0.4 is 10.2 Å². The number of hydrogen-bond acceptors (Lipinski definition) is 6. The van der Waals surface area contributed by atoms with E-state index in [1.54, 1.807) is 0 Å². The highest BCUT2D eigenvalue weighted by atomic mass is 19.3. The maximum absolute atomic E-state index is 13.5. The van der Waals surface area contributed by atoms with Gasteiger partial charge in [-0.3, -0.25) is 20.4 Å². The molecule has 0 aliphatic heterocycles. The summed E-state index contributed by atoms with van der Waals surface area (Å²) in [6.07, 6.45) is -4.61. The van der Waals surface area contributed by atoms with Crippen molar-refractivity contribution < 1.29 is 27.0 Å². The molecule has 2 rings (SSSR count). The van der Waals surface area contributed by atoms with E-state index in [9.17, 15) is 17.6 Å². The lowest BCUT2D eigenvalue weighted by Crippen LogP contribution is -2.40. The first-order chi connectivity index (χ1) is 12.2.